The van der Waals surface area contributed by atoms with Gasteiger partial charge in [-0.3, -0.25) is 19.6 Å². The van der Waals surface area contributed by atoms with Crippen LogP contribution < -0.4 is 20.6 Å². The third-order valence-electron chi connectivity index (χ3n) is 4.75. The first-order chi connectivity index (χ1) is 13.9. The summed E-state index contributed by atoms with van der Waals surface area (Å²) in [5, 5.41) is 0.422. The number of carbonyl (C=O) groups is 1. The van der Waals surface area contributed by atoms with Crippen molar-refractivity contribution in [2.24, 2.45) is 0 Å². The lowest BCUT2D eigenvalue weighted by molar-refractivity contribution is 0.0945. The summed E-state index contributed by atoms with van der Waals surface area (Å²) in [4.78, 5) is 31.4. The van der Waals surface area contributed by atoms with Crippen molar-refractivity contribution in [3.05, 3.63) is 64.2 Å². The molecule has 2 heterocycles. The maximum atomic E-state index is 12.5. The van der Waals surface area contributed by atoms with Crippen molar-refractivity contribution in [2.45, 2.75) is 24.3 Å². The van der Waals surface area contributed by atoms with Crippen molar-refractivity contribution in [1.29, 1.82) is 0 Å². The zero-order chi connectivity index (χ0) is 20.6. The van der Waals surface area contributed by atoms with Crippen molar-refractivity contribution in [3.63, 3.8) is 0 Å². The highest BCUT2D eigenvalue weighted by Crippen LogP contribution is 2.17. The molecule has 0 spiro atoms. The third-order valence-corrected chi connectivity index (χ3v) is 6.01. The highest BCUT2D eigenvalue weighted by atomic mass is 32.2. The minimum absolute atomic E-state index is 0.0256. The highest BCUT2D eigenvalue weighted by Gasteiger charge is 2.19. The van der Waals surface area contributed by atoms with Gasteiger partial charge in [-0.25, -0.2) is 13.4 Å². The van der Waals surface area contributed by atoms with Gasteiger partial charge in [0.05, 0.1) is 22.9 Å². The SMILES string of the molecule is COc1ccc(S(=O)(=O)NNC(=O)c2ccc3c(=O)n4c(nc3c2)CCC4)cc1. The minimum Gasteiger partial charge on any atom is -0.497 e. The highest BCUT2D eigenvalue weighted by molar-refractivity contribution is 7.89. The number of hydrogen-bond acceptors (Lipinski definition) is 6. The molecule has 0 unspecified atom stereocenters. The standard InChI is InChI=1S/C19H18N4O5S/c1-28-13-5-7-14(8-6-13)29(26,27)22-21-18(24)12-4-9-15-16(11-12)20-17-3-2-10-23(17)19(15)25/h4-9,11,22H,2-3,10H2,1H3,(H,21,24). The Morgan fingerprint density at radius 1 is 1.17 bits per heavy atom. The van der Waals surface area contributed by atoms with Crippen LogP contribution in [0, 0.1) is 0 Å². The number of nitrogens with zero attached hydrogens (tertiary/aromatic N) is 2. The maximum absolute atomic E-state index is 12.5. The number of aromatic nitrogens is 2. The van der Waals surface area contributed by atoms with Crippen molar-refractivity contribution < 1.29 is 17.9 Å². The monoisotopic (exact) mass is 414 g/mol. The van der Waals surface area contributed by atoms with E-state index in [1.165, 1.54) is 49.6 Å². The summed E-state index contributed by atoms with van der Waals surface area (Å²) in [5.41, 5.74) is 2.64. The van der Waals surface area contributed by atoms with E-state index < -0.39 is 15.9 Å². The van der Waals surface area contributed by atoms with Gasteiger partial charge in [0.1, 0.15) is 11.6 Å². The Kier molecular flexibility index (Phi) is 4.81. The van der Waals surface area contributed by atoms with Gasteiger partial charge < -0.3 is 4.74 Å². The van der Waals surface area contributed by atoms with Crippen LogP contribution >= 0.6 is 0 Å². The molecular weight excluding hydrogens is 396 g/mol. The first-order valence-electron chi connectivity index (χ1n) is 8.89. The molecule has 0 aliphatic carbocycles. The van der Waals surface area contributed by atoms with Gasteiger partial charge in [0.15, 0.2) is 0 Å². The summed E-state index contributed by atoms with van der Waals surface area (Å²) in [5.74, 6) is 0.547. The van der Waals surface area contributed by atoms with Crippen LogP contribution in [0.25, 0.3) is 10.9 Å². The Morgan fingerprint density at radius 2 is 1.93 bits per heavy atom. The van der Waals surface area contributed by atoms with E-state index in [1.807, 2.05) is 0 Å². The van der Waals surface area contributed by atoms with Gasteiger partial charge in [-0.2, -0.15) is 0 Å². The largest absolute Gasteiger partial charge is 0.497 e. The van der Waals surface area contributed by atoms with E-state index in [9.17, 15) is 18.0 Å². The van der Waals surface area contributed by atoms with Crippen LogP contribution in [0.15, 0.2) is 52.2 Å². The molecule has 29 heavy (non-hydrogen) atoms. The van der Waals surface area contributed by atoms with Gasteiger partial charge in [-0.1, -0.05) is 0 Å². The molecule has 1 aliphatic heterocycles. The number of ether oxygens (including phenoxy) is 1. The molecule has 2 aromatic carbocycles. The molecule has 3 aromatic rings. The first-order valence-corrected chi connectivity index (χ1v) is 10.4. The van der Waals surface area contributed by atoms with Crippen molar-refractivity contribution in [3.8, 4) is 5.75 Å². The van der Waals surface area contributed by atoms with Gasteiger partial charge in [-0.15, -0.1) is 4.83 Å². The molecule has 4 rings (SSSR count). The summed E-state index contributed by atoms with van der Waals surface area (Å²) in [6.45, 7) is 0.645. The van der Waals surface area contributed by atoms with E-state index in [4.69, 9.17) is 4.74 Å². The van der Waals surface area contributed by atoms with Gasteiger partial charge >= 0.3 is 0 Å². The van der Waals surface area contributed by atoms with Crippen LogP contribution in [0.2, 0.25) is 0 Å². The van der Waals surface area contributed by atoms with Gasteiger partial charge in [-0.05, 0) is 48.9 Å². The molecule has 1 aromatic heterocycles. The molecule has 10 heteroatoms. The van der Waals surface area contributed by atoms with E-state index in [0.717, 1.165) is 6.42 Å². The number of sulfonamides is 1. The zero-order valence-corrected chi connectivity index (χ0v) is 16.3. The number of hydrazine groups is 1. The van der Waals surface area contributed by atoms with Gasteiger partial charge in [0.2, 0.25) is 0 Å². The topological polar surface area (TPSA) is 119 Å². The summed E-state index contributed by atoms with van der Waals surface area (Å²) in [7, 11) is -2.48. The molecule has 150 valence electrons. The molecule has 0 atom stereocenters. The van der Waals surface area contributed by atoms with E-state index in [-0.39, 0.29) is 16.0 Å². The molecule has 2 N–H and O–H groups in total. The molecule has 9 nitrogen and oxygen atoms in total. The summed E-state index contributed by atoms with van der Waals surface area (Å²) in [6.07, 6.45) is 1.57. The Bertz CT molecular complexity index is 1270. The van der Waals surface area contributed by atoms with E-state index >= 15 is 0 Å². The van der Waals surface area contributed by atoms with Crippen molar-refractivity contribution in [2.75, 3.05) is 7.11 Å². The number of rotatable bonds is 5. The molecule has 1 aliphatic rings. The normalized spacial score (nSPS) is 13.3. The number of methoxy groups -OCH3 is 1. The molecule has 1 amide bonds. The Balaban J connectivity index is 1.54. The lowest BCUT2D eigenvalue weighted by Crippen LogP contribution is -2.41. The third kappa shape index (κ3) is 3.59. The van der Waals surface area contributed by atoms with Crippen LogP contribution in [0.3, 0.4) is 0 Å². The smallest absolute Gasteiger partial charge is 0.266 e. The quantitative estimate of drug-likeness (QED) is 0.601. The summed E-state index contributed by atoms with van der Waals surface area (Å²) < 4.78 is 31.3. The summed E-state index contributed by atoms with van der Waals surface area (Å²) >= 11 is 0. The van der Waals surface area contributed by atoms with Crippen molar-refractivity contribution in [1.82, 2.24) is 19.8 Å². The van der Waals surface area contributed by atoms with Crippen LogP contribution in [-0.2, 0) is 23.0 Å². The average Bonchev–Trinajstić information content (AvgIpc) is 3.20. The fourth-order valence-electron chi connectivity index (χ4n) is 3.22. The Morgan fingerprint density at radius 3 is 2.66 bits per heavy atom. The van der Waals surface area contributed by atoms with Gasteiger partial charge in [0, 0.05) is 18.5 Å². The lowest BCUT2D eigenvalue weighted by Gasteiger charge is -2.10. The number of benzene rings is 2. The second-order valence-corrected chi connectivity index (χ2v) is 8.24. The van der Waals surface area contributed by atoms with E-state index in [1.54, 1.807) is 4.57 Å². The predicted molar refractivity (Wildman–Crippen MR) is 105 cm³/mol. The van der Waals surface area contributed by atoms with E-state index in [0.29, 0.717) is 35.4 Å². The number of fused-ring (bicyclic) bond motifs is 2. The zero-order valence-electron chi connectivity index (χ0n) is 15.5. The molecular formula is C19H18N4O5S. The second-order valence-electron chi connectivity index (χ2n) is 6.56. The Labute approximate surface area is 166 Å². The van der Waals surface area contributed by atoms with Crippen LogP contribution in [0.5, 0.6) is 5.75 Å². The fraction of sp³-hybridized carbons (Fsp3) is 0.211. The molecule has 0 saturated heterocycles. The molecule has 0 saturated carbocycles. The minimum atomic E-state index is -3.95. The maximum Gasteiger partial charge on any atom is 0.266 e. The molecule has 0 radical (unpaired) electrons. The molecule has 0 fully saturated rings. The number of hydrogen-bond donors (Lipinski definition) is 2. The van der Waals surface area contributed by atoms with Crippen LogP contribution in [0.4, 0.5) is 0 Å². The Hall–Kier alpha value is -3.24. The molecule has 0 bridgehead atoms. The average molecular weight is 414 g/mol. The van der Waals surface area contributed by atoms with Crippen LogP contribution in [-0.4, -0.2) is 31.0 Å². The number of nitrogens with one attached hydrogen (secondary N) is 2. The summed E-state index contributed by atoms with van der Waals surface area (Å²) in [6, 6.07) is 10.2. The fourth-order valence-corrected chi connectivity index (χ4v) is 4.06. The second kappa shape index (κ2) is 7.30. The van der Waals surface area contributed by atoms with E-state index in [2.05, 4.69) is 15.2 Å². The number of aryl methyl sites for hydroxylation is 1. The van der Waals surface area contributed by atoms with Crippen LogP contribution in [0.1, 0.15) is 22.6 Å². The number of amides is 1. The number of carbonyl (C=O) groups excluding carboxylic acids is 1. The van der Waals surface area contributed by atoms with Gasteiger partial charge in [0.25, 0.3) is 21.5 Å². The lowest BCUT2D eigenvalue weighted by atomic mass is 10.1. The predicted octanol–water partition coefficient (Wildman–Crippen LogP) is 0.975. The van der Waals surface area contributed by atoms with Crippen molar-refractivity contribution >= 4 is 26.8 Å². The first kappa shape index (κ1) is 19.1.